The van der Waals surface area contributed by atoms with Gasteiger partial charge < -0.3 is 5.32 Å². The standard InChI is InChI=1S/C12H20N2O3S2/c1-4-10(5-2)14-19(16,17)12-7-6-11(18-12)8-13-9(3)15/h6-7,10,14H,4-5,8H2,1-3H3,(H,13,15). The number of amides is 1. The number of carbonyl (C=O) groups excluding carboxylic acids is 1. The van der Waals surface area contributed by atoms with Crippen molar-refractivity contribution >= 4 is 27.3 Å². The highest BCUT2D eigenvalue weighted by Gasteiger charge is 2.20. The van der Waals surface area contributed by atoms with Crippen LogP contribution in [0.5, 0.6) is 0 Å². The van der Waals surface area contributed by atoms with Crippen LogP contribution < -0.4 is 10.0 Å². The second-order valence-corrected chi connectivity index (χ2v) is 7.37. The Kier molecular flexibility index (Phi) is 5.96. The minimum Gasteiger partial charge on any atom is -0.351 e. The zero-order valence-electron chi connectivity index (χ0n) is 11.4. The number of nitrogens with one attached hydrogen (secondary N) is 2. The monoisotopic (exact) mass is 304 g/mol. The summed E-state index contributed by atoms with van der Waals surface area (Å²) in [6, 6.07) is 3.26. The fraction of sp³-hybridized carbons (Fsp3) is 0.583. The van der Waals surface area contributed by atoms with Crippen LogP contribution in [0.2, 0.25) is 0 Å². The SMILES string of the molecule is CCC(CC)NS(=O)(=O)c1ccc(CNC(C)=O)s1. The lowest BCUT2D eigenvalue weighted by Gasteiger charge is -2.13. The van der Waals surface area contributed by atoms with Crippen LogP contribution in [0.15, 0.2) is 16.3 Å². The maximum Gasteiger partial charge on any atom is 0.250 e. The molecule has 0 aromatic carbocycles. The molecule has 1 aromatic heterocycles. The van der Waals surface area contributed by atoms with Gasteiger partial charge in [-0.05, 0) is 25.0 Å². The van der Waals surface area contributed by atoms with Crippen molar-refractivity contribution in [2.75, 3.05) is 0 Å². The van der Waals surface area contributed by atoms with Crippen molar-refractivity contribution < 1.29 is 13.2 Å². The molecule has 1 aromatic rings. The van der Waals surface area contributed by atoms with Crippen LogP contribution >= 0.6 is 11.3 Å². The fourth-order valence-corrected chi connectivity index (χ4v) is 4.26. The number of hydrogen-bond acceptors (Lipinski definition) is 4. The van der Waals surface area contributed by atoms with Gasteiger partial charge in [-0.3, -0.25) is 4.79 Å². The molecule has 0 fully saturated rings. The second kappa shape index (κ2) is 7.02. The van der Waals surface area contributed by atoms with Crippen molar-refractivity contribution in [3.05, 3.63) is 17.0 Å². The van der Waals surface area contributed by atoms with E-state index in [1.165, 1.54) is 18.3 Å². The van der Waals surface area contributed by atoms with E-state index in [9.17, 15) is 13.2 Å². The Morgan fingerprint density at radius 2 is 1.95 bits per heavy atom. The van der Waals surface area contributed by atoms with Gasteiger partial charge in [-0.25, -0.2) is 13.1 Å². The number of thiophene rings is 1. The smallest absolute Gasteiger partial charge is 0.250 e. The molecule has 5 nitrogen and oxygen atoms in total. The quantitative estimate of drug-likeness (QED) is 0.807. The number of sulfonamides is 1. The maximum absolute atomic E-state index is 12.1. The molecule has 7 heteroatoms. The maximum atomic E-state index is 12.1. The van der Waals surface area contributed by atoms with Gasteiger partial charge in [-0.15, -0.1) is 11.3 Å². The summed E-state index contributed by atoms with van der Waals surface area (Å²) < 4.78 is 27.2. The van der Waals surface area contributed by atoms with Gasteiger partial charge in [0.15, 0.2) is 0 Å². The third-order valence-corrected chi connectivity index (χ3v) is 5.82. The van der Waals surface area contributed by atoms with E-state index < -0.39 is 10.0 Å². The predicted molar refractivity (Wildman–Crippen MR) is 76.5 cm³/mol. The Balaban J connectivity index is 2.76. The summed E-state index contributed by atoms with van der Waals surface area (Å²) >= 11 is 1.18. The van der Waals surface area contributed by atoms with Crippen molar-refractivity contribution in [2.24, 2.45) is 0 Å². The molecule has 0 aliphatic carbocycles. The van der Waals surface area contributed by atoms with Crippen LogP contribution in [0.4, 0.5) is 0 Å². The zero-order valence-corrected chi connectivity index (χ0v) is 13.0. The van der Waals surface area contributed by atoms with Gasteiger partial charge in [0.25, 0.3) is 0 Å². The third kappa shape index (κ3) is 4.93. The molecule has 1 rings (SSSR count). The summed E-state index contributed by atoms with van der Waals surface area (Å²) in [4.78, 5) is 11.6. The molecule has 19 heavy (non-hydrogen) atoms. The van der Waals surface area contributed by atoms with E-state index in [4.69, 9.17) is 0 Å². The van der Waals surface area contributed by atoms with Crippen molar-refractivity contribution in [3.8, 4) is 0 Å². The van der Waals surface area contributed by atoms with Crippen molar-refractivity contribution in [1.29, 1.82) is 0 Å². The molecule has 0 radical (unpaired) electrons. The summed E-state index contributed by atoms with van der Waals surface area (Å²) in [5, 5.41) is 2.65. The minimum absolute atomic E-state index is 0.0362. The molecule has 0 bridgehead atoms. The normalized spacial score (nSPS) is 11.8. The lowest BCUT2D eigenvalue weighted by molar-refractivity contribution is -0.119. The molecule has 0 unspecified atom stereocenters. The number of rotatable bonds is 7. The lowest BCUT2D eigenvalue weighted by atomic mass is 10.2. The molecule has 108 valence electrons. The van der Waals surface area contributed by atoms with Crippen LogP contribution in [0.3, 0.4) is 0 Å². The van der Waals surface area contributed by atoms with Crippen molar-refractivity contribution in [2.45, 2.75) is 50.4 Å². The molecule has 0 spiro atoms. The van der Waals surface area contributed by atoms with Gasteiger partial charge in [-0.2, -0.15) is 0 Å². The van der Waals surface area contributed by atoms with E-state index in [0.29, 0.717) is 10.8 Å². The molecule has 0 atom stereocenters. The lowest BCUT2D eigenvalue weighted by Crippen LogP contribution is -2.33. The number of carbonyl (C=O) groups is 1. The average Bonchev–Trinajstić information content (AvgIpc) is 2.83. The zero-order chi connectivity index (χ0) is 14.5. The molecule has 2 N–H and O–H groups in total. The Labute approximate surface area is 118 Å². The predicted octanol–water partition coefficient (Wildman–Crippen LogP) is 1.85. The summed E-state index contributed by atoms with van der Waals surface area (Å²) in [6.07, 6.45) is 1.53. The van der Waals surface area contributed by atoms with Crippen LogP contribution in [0, 0.1) is 0 Å². The van der Waals surface area contributed by atoms with Gasteiger partial charge in [0.1, 0.15) is 4.21 Å². The van der Waals surface area contributed by atoms with E-state index in [-0.39, 0.29) is 11.9 Å². The summed E-state index contributed by atoms with van der Waals surface area (Å²) in [5.41, 5.74) is 0. The first kappa shape index (κ1) is 16.1. The molecular weight excluding hydrogens is 284 g/mol. The van der Waals surface area contributed by atoms with E-state index >= 15 is 0 Å². The molecular formula is C12H20N2O3S2. The van der Waals surface area contributed by atoms with Gasteiger partial charge in [0, 0.05) is 17.8 Å². The van der Waals surface area contributed by atoms with Gasteiger partial charge in [0.05, 0.1) is 6.54 Å². The average molecular weight is 304 g/mol. The van der Waals surface area contributed by atoms with Crippen molar-refractivity contribution in [3.63, 3.8) is 0 Å². The van der Waals surface area contributed by atoms with E-state index in [1.54, 1.807) is 12.1 Å². The molecule has 0 aliphatic rings. The first-order valence-corrected chi connectivity index (χ1v) is 8.54. The van der Waals surface area contributed by atoms with Gasteiger partial charge >= 0.3 is 0 Å². The Hall–Kier alpha value is -0.920. The van der Waals surface area contributed by atoms with Gasteiger partial charge in [0.2, 0.25) is 15.9 Å². The second-order valence-electron chi connectivity index (χ2n) is 4.27. The van der Waals surface area contributed by atoms with E-state index in [0.717, 1.165) is 17.7 Å². The first-order valence-electron chi connectivity index (χ1n) is 6.24. The molecule has 0 saturated carbocycles. The summed E-state index contributed by atoms with van der Waals surface area (Å²) in [6.45, 7) is 5.70. The molecule has 1 heterocycles. The van der Waals surface area contributed by atoms with Crippen LogP contribution in [-0.2, 0) is 21.4 Å². The summed E-state index contributed by atoms with van der Waals surface area (Å²) in [7, 11) is -3.45. The Bertz CT molecular complexity index is 519. The molecule has 0 saturated heterocycles. The van der Waals surface area contributed by atoms with Crippen LogP contribution in [-0.4, -0.2) is 20.4 Å². The van der Waals surface area contributed by atoms with Crippen LogP contribution in [0.1, 0.15) is 38.5 Å². The van der Waals surface area contributed by atoms with E-state index in [1.807, 2.05) is 13.8 Å². The largest absolute Gasteiger partial charge is 0.351 e. The van der Waals surface area contributed by atoms with E-state index in [2.05, 4.69) is 10.0 Å². The fourth-order valence-electron chi connectivity index (χ4n) is 1.54. The van der Waals surface area contributed by atoms with Gasteiger partial charge in [-0.1, -0.05) is 13.8 Å². The minimum atomic E-state index is -3.45. The summed E-state index contributed by atoms with van der Waals surface area (Å²) in [5.74, 6) is -0.132. The molecule has 0 aliphatic heterocycles. The Morgan fingerprint density at radius 3 is 2.47 bits per heavy atom. The molecule has 1 amide bonds. The Morgan fingerprint density at radius 1 is 1.32 bits per heavy atom. The van der Waals surface area contributed by atoms with Crippen molar-refractivity contribution in [1.82, 2.24) is 10.0 Å². The topological polar surface area (TPSA) is 75.3 Å². The van der Waals surface area contributed by atoms with Crippen LogP contribution in [0.25, 0.3) is 0 Å². The first-order chi connectivity index (χ1) is 8.89. The highest BCUT2D eigenvalue weighted by molar-refractivity contribution is 7.91. The highest BCUT2D eigenvalue weighted by atomic mass is 32.2. The number of hydrogen-bond donors (Lipinski definition) is 2. The highest BCUT2D eigenvalue weighted by Crippen LogP contribution is 2.22. The third-order valence-electron chi connectivity index (χ3n) is 2.72.